The zero-order chi connectivity index (χ0) is 21.8. The molecule has 0 radical (unpaired) electrons. The summed E-state index contributed by atoms with van der Waals surface area (Å²) < 4.78 is 0. The summed E-state index contributed by atoms with van der Waals surface area (Å²) in [6.07, 6.45) is 0. The molecule has 0 saturated carbocycles. The summed E-state index contributed by atoms with van der Waals surface area (Å²) in [5.74, 6) is -0.0581. The average Bonchev–Trinajstić information content (AvgIpc) is 3.13. The molecule has 3 aromatic rings. The van der Waals surface area contributed by atoms with Gasteiger partial charge in [0.05, 0.1) is 5.69 Å². The van der Waals surface area contributed by atoms with Crippen molar-refractivity contribution >= 4 is 51.4 Å². The normalized spacial score (nSPS) is 13.7. The minimum Gasteiger partial charge on any atom is -0.368 e. The predicted octanol–water partition coefficient (Wildman–Crippen LogP) is 4.71. The number of halogens is 1. The topological polar surface area (TPSA) is 77.6 Å². The van der Waals surface area contributed by atoms with Gasteiger partial charge in [0, 0.05) is 42.6 Å². The highest BCUT2D eigenvalue weighted by molar-refractivity contribution is 7.17. The summed E-state index contributed by atoms with van der Waals surface area (Å²) in [5, 5.41) is 6.55. The molecule has 1 fully saturated rings. The molecule has 0 bridgehead atoms. The highest BCUT2D eigenvalue weighted by Gasteiger charge is 2.26. The van der Waals surface area contributed by atoms with Crippen molar-refractivity contribution < 1.29 is 9.59 Å². The van der Waals surface area contributed by atoms with Crippen LogP contribution in [-0.2, 0) is 0 Å². The van der Waals surface area contributed by atoms with Crippen molar-refractivity contribution in [3.05, 3.63) is 70.2 Å². The van der Waals surface area contributed by atoms with Crippen LogP contribution in [0, 0.1) is 6.92 Å². The standard InChI is InChI=1S/C22H22ClN5O2S/c1-15-19(31-22(24-15)26-21(30)25-17-7-3-2-4-8-17)20(29)28-12-10-27(11-13-28)18-9-5-6-16(23)14-18/h2-9,14H,10-13H2,1H3,(H2,24,25,26,30). The number of carbonyl (C=O) groups is 2. The Morgan fingerprint density at radius 1 is 1.00 bits per heavy atom. The molecule has 1 aliphatic heterocycles. The number of benzene rings is 2. The van der Waals surface area contributed by atoms with Gasteiger partial charge in [0.1, 0.15) is 4.88 Å². The molecule has 4 rings (SSSR count). The zero-order valence-corrected chi connectivity index (χ0v) is 18.5. The van der Waals surface area contributed by atoms with E-state index in [4.69, 9.17) is 11.6 Å². The third kappa shape index (κ3) is 5.15. The lowest BCUT2D eigenvalue weighted by Gasteiger charge is -2.36. The third-order valence-electron chi connectivity index (χ3n) is 4.98. The van der Waals surface area contributed by atoms with Gasteiger partial charge in [-0.1, -0.05) is 47.2 Å². The number of nitrogens with one attached hydrogen (secondary N) is 2. The quantitative estimate of drug-likeness (QED) is 0.597. The van der Waals surface area contributed by atoms with Gasteiger partial charge in [0.2, 0.25) is 0 Å². The summed E-state index contributed by atoms with van der Waals surface area (Å²) in [6.45, 7) is 4.47. The first-order chi connectivity index (χ1) is 15.0. The predicted molar refractivity (Wildman–Crippen MR) is 126 cm³/mol. The summed E-state index contributed by atoms with van der Waals surface area (Å²) in [5.41, 5.74) is 2.36. The van der Waals surface area contributed by atoms with Crippen molar-refractivity contribution in [2.45, 2.75) is 6.92 Å². The van der Waals surface area contributed by atoms with Crippen LogP contribution in [-0.4, -0.2) is 48.0 Å². The molecule has 0 aliphatic carbocycles. The lowest BCUT2D eigenvalue weighted by Crippen LogP contribution is -2.48. The van der Waals surface area contributed by atoms with E-state index in [1.165, 1.54) is 11.3 Å². The molecular weight excluding hydrogens is 434 g/mol. The van der Waals surface area contributed by atoms with Crippen LogP contribution in [0.1, 0.15) is 15.4 Å². The molecule has 1 aromatic heterocycles. The number of para-hydroxylation sites is 1. The molecule has 2 heterocycles. The van der Waals surface area contributed by atoms with Gasteiger partial charge in [0.25, 0.3) is 5.91 Å². The van der Waals surface area contributed by atoms with Crippen molar-refractivity contribution in [1.29, 1.82) is 0 Å². The molecule has 9 heteroatoms. The van der Waals surface area contributed by atoms with E-state index >= 15 is 0 Å². The largest absolute Gasteiger partial charge is 0.368 e. The Balaban J connectivity index is 1.36. The number of aromatic nitrogens is 1. The average molecular weight is 456 g/mol. The van der Waals surface area contributed by atoms with Crippen molar-refractivity contribution in [2.24, 2.45) is 0 Å². The Labute approximate surface area is 189 Å². The van der Waals surface area contributed by atoms with Gasteiger partial charge in [-0.25, -0.2) is 9.78 Å². The van der Waals surface area contributed by atoms with E-state index in [9.17, 15) is 9.59 Å². The van der Waals surface area contributed by atoms with Gasteiger partial charge in [0.15, 0.2) is 5.13 Å². The number of carbonyl (C=O) groups excluding carboxylic acids is 2. The first-order valence-electron chi connectivity index (χ1n) is 9.90. The minimum absolute atomic E-state index is 0.0581. The van der Waals surface area contributed by atoms with E-state index in [2.05, 4.69) is 20.5 Å². The molecular formula is C22H22ClN5O2S. The first kappa shape index (κ1) is 21.1. The van der Waals surface area contributed by atoms with Crippen LogP contribution < -0.4 is 15.5 Å². The Hall–Kier alpha value is -3.10. The van der Waals surface area contributed by atoms with E-state index in [-0.39, 0.29) is 5.91 Å². The molecule has 7 nitrogen and oxygen atoms in total. The molecule has 1 saturated heterocycles. The van der Waals surface area contributed by atoms with Crippen LogP contribution in [0.2, 0.25) is 5.02 Å². The molecule has 2 N–H and O–H groups in total. The Morgan fingerprint density at radius 2 is 1.74 bits per heavy atom. The van der Waals surface area contributed by atoms with Crippen molar-refractivity contribution in [1.82, 2.24) is 9.88 Å². The van der Waals surface area contributed by atoms with Crippen LogP contribution in [0.25, 0.3) is 0 Å². The maximum atomic E-state index is 13.0. The smallest absolute Gasteiger partial charge is 0.325 e. The Bertz CT molecular complexity index is 1080. The number of piperazine rings is 1. The zero-order valence-electron chi connectivity index (χ0n) is 17.0. The highest BCUT2D eigenvalue weighted by Crippen LogP contribution is 2.26. The van der Waals surface area contributed by atoms with Crippen LogP contribution in [0.5, 0.6) is 0 Å². The van der Waals surface area contributed by atoms with E-state index in [1.807, 2.05) is 47.4 Å². The van der Waals surface area contributed by atoms with Crippen LogP contribution >= 0.6 is 22.9 Å². The summed E-state index contributed by atoms with van der Waals surface area (Å²) in [6, 6.07) is 16.5. The Morgan fingerprint density at radius 3 is 2.45 bits per heavy atom. The molecule has 1 aliphatic rings. The number of nitrogens with zero attached hydrogens (tertiary/aromatic N) is 3. The number of hydrogen-bond donors (Lipinski definition) is 2. The second-order valence-electron chi connectivity index (χ2n) is 7.14. The van der Waals surface area contributed by atoms with Gasteiger partial charge in [-0.15, -0.1) is 0 Å². The molecule has 0 unspecified atom stereocenters. The fourth-order valence-corrected chi connectivity index (χ4v) is 4.53. The SMILES string of the molecule is Cc1nc(NC(=O)Nc2ccccc2)sc1C(=O)N1CCN(c2cccc(Cl)c2)CC1. The summed E-state index contributed by atoms with van der Waals surface area (Å²) in [4.78, 5) is 34.2. The summed E-state index contributed by atoms with van der Waals surface area (Å²) in [7, 11) is 0. The second kappa shape index (κ2) is 9.36. The van der Waals surface area contributed by atoms with Gasteiger partial charge >= 0.3 is 6.03 Å². The third-order valence-corrected chi connectivity index (χ3v) is 6.28. The van der Waals surface area contributed by atoms with Crippen LogP contribution in [0.15, 0.2) is 54.6 Å². The van der Waals surface area contributed by atoms with Gasteiger partial charge < -0.3 is 15.1 Å². The maximum Gasteiger partial charge on any atom is 0.325 e. The van der Waals surface area contributed by atoms with Gasteiger partial charge in [-0.05, 0) is 37.3 Å². The molecule has 3 amide bonds. The number of amides is 3. The van der Waals surface area contributed by atoms with Crippen molar-refractivity contribution in [3.63, 3.8) is 0 Å². The van der Waals surface area contributed by atoms with Crippen LogP contribution in [0.3, 0.4) is 0 Å². The van der Waals surface area contributed by atoms with E-state index < -0.39 is 6.03 Å². The number of rotatable bonds is 4. The Kier molecular flexibility index (Phi) is 6.39. The fraction of sp³-hybridized carbons (Fsp3) is 0.227. The van der Waals surface area contributed by atoms with E-state index in [0.717, 1.165) is 18.8 Å². The number of thiazole rings is 1. The van der Waals surface area contributed by atoms with E-state index in [1.54, 1.807) is 19.1 Å². The van der Waals surface area contributed by atoms with Crippen molar-refractivity contribution in [3.8, 4) is 0 Å². The van der Waals surface area contributed by atoms with Crippen molar-refractivity contribution in [2.75, 3.05) is 41.7 Å². The molecule has 160 valence electrons. The lowest BCUT2D eigenvalue weighted by atomic mass is 10.2. The number of aryl methyl sites for hydroxylation is 1. The molecule has 0 atom stereocenters. The lowest BCUT2D eigenvalue weighted by molar-refractivity contribution is 0.0750. The first-order valence-corrected chi connectivity index (χ1v) is 11.1. The van der Waals surface area contributed by atoms with Gasteiger partial charge in [-0.3, -0.25) is 10.1 Å². The number of anilines is 3. The van der Waals surface area contributed by atoms with Gasteiger partial charge in [-0.2, -0.15) is 0 Å². The summed E-state index contributed by atoms with van der Waals surface area (Å²) >= 11 is 7.29. The monoisotopic (exact) mass is 455 g/mol. The molecule has 31 heavy (non-hydrogen) atoms. The molecule has 2 aromatic carbocycles. The number of hydrogen-bond acceptors (Lipinski definition) is 5. The maximum absolute atomic E-state index is 13.0. The van der Waals surface area contributed by atoms with Crippen LogP contribution in [0.4, 0.5) is 21.3 Å². The molecule has 0 spiro atoms. The highest BCUT2D eigenvalue weighted by atomic mass is 35.5. The second-order valence-corrected chi connectivity index (χ2v) is 8.57. The fourth-order valence-electron chi connectivity index (χ4n) is 3.41. The number of urea groups is 1. The minimum atomic E-state index is -0.394. The van der Waals surface area contributed by atoms with E-state index in [0.29, 0.717) is 39.5 Å².